The van der Waals surface area contributed by atoms with E-state index in [1.807, 2.05) is 11.3 Å². The molecule has 10 rings (SSSR count). The number of fused-ring (bicyclic) bond motifs is 6. The number of aromatic nitrogens is 1. The molecule has 0 radical (unpaired) electrons. The summed E-state index contributed by atoms with van der Waals surface area (Å²) >= 11 is 1.87. The van der Waals surface area contributed by atoms with Gasteiger partial charge in [0.15, 0.2) is 0 Å². The van der Waals surface area contributed by atoms with Crippen LogP contribution in [0.25, 0.3) is 70.1 Å². The molecule has 0 saturated heterocycles. The third kappa shape index (κ3) is 5.30. The molecule has 2 aromatic heterocycles. The molecule has 246 valence electrons. The summed E-state index contributed by atoms with van der Waals surface area (Å²) in [6.45, 7) is 0. The highest BCUT2D eigenvalue weighted by molar-refractivity contribution is 7.25. The number of benzene rings is 7. The molecule has 1 aliphatic rings. The summed E-state index contributed by atoms with van der Waals surface area (Å²) in [7, 11) is 0. The van der Waals surface area contributed by atoms with Crippen LogP contribution < -0.4 is 0 Å². The van der Waals surface area contributed by atoms with Crippen molar-refractivity contribution in [1.29, 1.82) is 0 Å². The van der Waals surface area contributed by atoms with E-state index in [0.29, 0.717) is 0 Å². The number of hydrogen-bond acceptors (Lipinski definition) is 2. The van der Waals surface area contributed by atoms with E-state index in [2.05, 4.69) is 187 Å². The molecule has 0 spiro atoms. The van der Waals surface area contributed by atoms with Crippen LogP contribution in [0.5, 0.6) is 0 Å². The molecule has 2 nitrogen and oxygen atoms in total. The average molecular weight is 683 g/mol. The van der Waals surface area contributed by atoms with E-state index in [-0.39, 0.29) is 0 Å². The molecule has 0 aliphatic carbocycles. The monoisotopic (exact) mass is 682 g/mol. The zero-order chi connectivity index (χ0) is 34.4. The van der Waals surface area contributed by atoms with Gasteiger partial charge in [-0.15, -0.1) is 11.3 Å². The first-order valence-electron chi connectivity index (χ1n) is 17.9. The van der Waals surface area contributed by atoms with Gasteiger partial charge in [-0.05, 0) is 95.3 Å². The minimum absolute atomic E-state index is 0.880. The van der Waals surface area contributed by atoms with E-state index in [1.54, 1.807) is 0 Å². The van der Waals surface area contributed by atoms with Gasteiger partial charge < -0.3 is 4.57 Å². The van der Waals surface area contributed by atoms with Crippen molar-refractivity contribution < 1.29 is 0 Å². The molecule has 3 heterocycles. The van der Waals surface area contributed by atoms with Crippen LogP contribution in [0.2, 0.25) is 0 Å². The van der Waals surface area contributed by atoms with Crippen LogP contribution in [0.4, 0.5) is 0 Å². The molecule has 9 aromatic rings. The average Bonchev–Trinajstić information content (AvgIpc) is 3.74. The van der Waals surface area contributed by atoms with Crippen LogP contribution in [0.1, 0.15) is 29.5 Å². The fourth-order valence-electron chi connectivity index (χ4n) is 7.84. The zero-order valence-electron chi connectivity index (χ0n) is 28.5. The number of rotatable bonds is 5. The van der Waals surface area contributed by atoms with Crippen LogP contribution in [0.15, 0.2) is 187 Å². The van der Waals surface area contributed by atoms with Crippen molar-refractivity contribution >= 4 is 70.3 Å². The van der Waals surface area contributed by atoms with E-state index in [9.17, 15) is 0 Å². The van der Waals surface area contributed by atoms with Gasteiger partial charge in [0.2, 0.25) is 0 Å². The van der Waals surface area contributed by atoms with Gasteiger partial charge in [-0.1, -0.05) is 127 Å². The summed E-state index contributed by atoms with van der Waals surface area (Å²) < 4.78 is 4.98. The Morgan fingerprint density at radius 2 is 1.17 bits per heavy atom. The standard InChI is InChI=1S/C49H34N2S/c1-4-14-33(15-5-1)43-23-12-18-37(32-44(50-43)34-16-6-2-7-17-34)39-22-13-25-48-49(39)42-31-36(27-29-47(42)52-48)35-26-28-46-41(30-35)40-21-10-11-24-45(40)51(46)38-19-8-3-9-20-38/h1-11,13-22,24-32H,12,23H2. The fraction of sp³-hybridized carbons (Fsp3) is 0.0408. The second kappa shape index (κ2) is 12.8. The first-order chi connectivity index (χ1) is 25.8. The van der Waals surface area contributed by atoms with E-state index in [1.165, 1.54) is 75.5 Å². The fourth-order valence-corrected chi connectivity index (χ4v) is 8.96. The van der Waals surface area contributed by atoms with Crippen LogP contribution in [0, 0.1) is 0 Å². The van der Waals surface area contributed by atoms with Crippen LogP contribution in [0.3, 0.4) is 0 Å². The van der Waals surface area contributed by atoms with Gasteiger partial charge in [0.1, 0.15) is 0 Å². The van der Waals surface area contributed by atoms with E-state index in [0.717, 1.165) is 29.8 Å². The van der Waals surface area contributed by atoms with Crippen LogP contribution in [-0.4, -0.2) is 10.3 Å². The van der Waals surface area contributed by atoms with Crippen molar-refractivity contribution in [2.24, 2.45) is 4.99 Å². The molecular formula is C49H34N2S. The number of hydrogen-bond donors (Lipinski definition) is 0. The van der Waals surface area contributed by atoms with E-state index < -0.39 is 0 Å². The molecule has 0 unspecified atom stereocenters. The second-order valence-corrected chi connectivity index (χ2v) is 14.5. The Labute approximate surface area is 307 Å². The quantitative estimate of drug-likeness (QED) is 0.172. The SMILES string of the molecule is C1=C(c2ccccc2)N=C(c2ccccc2)CCC=C1c1cccc2sc3ccc(-c4ccc5c(c4)c4ccccc4n5-c4ccccc4)cc3c12. The van der Waals surface area contributed by atoms with Crippen molar-refractivity contribution in [3.05, 3.63) is 199 Å². The smallest absolute Gasteiger partial charge is 0.0711 e. The summed E-state index contributed by atoms with van der Waals surface area (Å²) in [5.41, 5.74) is 13.0. The summed E-state index contributed by atoms with van der Waals surface area (Å²) in [6.07, 6.45) is 6.52. The van der Waals surface area contributed by atoms with Crippen molar-refractivity contribution in [3.8, 4) is 16.8 Å². The normalized spacial score (nSPS) is 13.6. The highest BCUT2D eigenvalue weighted by Crippen LogP contribution is 2.42. The summed E-state index contributed by atoms with van der Waals surface area (Å²) in [5, 5.41) is 5.14. The first kappa shape index (κ1) is 30.5. The largest absolute Gasteiger partial charge is 0.309 e. The van der Waals surface area contributed by atoms with Crippen molar-refractivity contribution in [2.75, 3.05) is 0 Å². The first-order valence-corrected chi connectivity index (χ1v) is 18.8. The number of aliphatic imine (C=N–C) groups is 1. The van der Waals surface area contributed by atoms with Crippen molar-refractivity contribution in [2.45, 2.75) is 12.8 Å². The van der Waals surface area contributed by atoms with Gasteiger partial charge in [-0.2, -0.15) is 0 Å². The van der Waals surface area contributed by atoms with Crippen LogP contribution in [-0.2, 0) is 0 Å². The molecule has 3 heteroatoms. The minimum Gasteiger partial charge on any atom is -0.309 e. The summed E-state index contributed by atoms with van der Waals surface area (Å²) in [4.78, 5) is 5.34. The lowest BCUT2D eigenvalue weighted by Gasteiger charge is -2.15. The zero-order valence-corrected chi connectivity index (χ0v) is 29.4. The lowest BCUT2D eigenvalue weighted by Crippen LogP contribution is -2.03. The predicted octanol–water partition coefficient (Wildman–Crippen LogP) is 13.5. The maximum absolute atomic E-state index is 5.34. The summed E-state index contributed by atoms with van der Waals surface area (Å²) in [5.74, 6) is 0. The third-order valence-corrected chi connectivity index (χ3v) is 11.4. The van der Waals surface area contributed by atoms with Gasteiger partial charge in [-0.3, -0.25) is 4.99 Å². The number of allylic oxidation sites excluding steroid dienone is 3. The molecular weight excluding hydrogens is 649 g/mol. The Bertz CT molecular complexity index is 2870. The predicted molar refractivity (Wildman–Crippen MR) is 224 cm³/mol. The molecule has 0 amide bonds. The minimum atomic E-state index is 0.880. The number of thiophene rings is 1. The Hall–Kier alpha value is -6.29. The molecule has 1 aliphatic heterocycles. The number of nitrogens with zero attached hydrogens (tertiary/aromatic N) is 2. The molecule has 0 atom stereocenters. The van der Waals surface area contributed by atoms with Crippen molar-refractivity contribution in [1.82, 2.24) is 4.57 Å². The Morgan fingerprint density at radius 3 is 1.98 bits per heavy atom. The Balaban J connectivity index is 1.12. The molecule has 0 saturated carbocycles. The summed E-state index contributed by atoms with van der Waals surface area (Å²) in [6, 6.07) is 61.3. The van der Waals surface area contributed by atoms with Gasteiger partial charge in [0.25, 0.3) is 0 Å². The molecule has 0 fully saturated rings. The Kier molecular flexibility index (Phi) is 7.51. The molecule has 52 heavy (non-hydrogen) atoms. The topological polar surface area (TPSA) is 17.3 Å². The second-order valence-electron chi connectivity index (χ2n) is 13.4. The molecule has 7 aromatic carbocycles. The molecule has 0 N–H and O–H groups in total. The van der Waals surface area contributed by atoms with Crippen molar-refractivity contribution in [3.63, 3.8) is 0 Å². The van der Waals surface area contributed by atoms with Crippen LogP contribution >= 0.6 is 11.3 Å². The number of para-hydroxylation sites is 2. The molecule has 0 bridgehead atoms. The third-order valence-electron chi connectivity index (χ3n) is 10.3. The highest BCUT2D eigenvalue weighted by atomic mass is 32.1. The van der Waals surface area contributed by atoms with E-state index >= 15 is 0 Å². The van der Waals surface area contributed by atoms with Gasteiger partial charge >= 0.3 is 0 Å². The lowest BCUT2D eigenvalue weighted by molar-refractivity contribution is 1.09. The maximum Gasteiger partial charge on any atom is 0.0711 e. The van der Waals surface area contributed by atoms with Gasteiger partial charge in [0, 0.05) is 47.9 Å². The highest BCUT2D eigenvalue weighted by Gasteiger charge is 2.17. The maximum atomic E-state index is 5.34. The van der Waals surface area contributed by atoms with Gasteiger partial charge in [0.05, 0.1) is 16.7 Å². The van der Waals surface area contributed by atoms with Gasteiger partial charge in [-0.25, -0.2) is 0 Å². The van der Waals surface area contributed by atoms with E-state index in [4.69, 9.17) is 4.99 Å². The Morgan fingerprint density at radius 1 is 0.500 bits per heavy atom. The lowest BCUT2D eigenvalue weighted by atomic mass is 9.93.